The third-order valence-corrected chi connectivity index (χ3v) is 13.0. The molecular formula is C22H26N10O10P2S2. The van der Waals surface area contributed by atoms with E-state index in [9.17, 15) is 29.4 Å². The molecule has 2 saturated heterocycles. The van der Waals surface area contributed by atoms with Gasteiger partial charge in [0.05, 0.1) is 43.3 Å². The van der Waals surface area contributed by atoms with Crippen LogP contribution in [0.1, 0.15) is 17.8 Å². The van der Waals surface area contributed by atoms with E-state index in [0.717, 1.165) is 11.8 Å². The first-order valence-corrected chi connectivity index (χ1v) is 18.8. The van der Waals surface area contributed by atoms with Gasteiger partial charge in [0.25, 0.3) is 5.56 Å². The summed E-state index contributed by atoms with van der Waals surface area (Å²) < 4.78 is 39.3. The topological polar surface area (TPSA) is 294 Å². The van der Waals surface area contributed by atoms with Gasteiger partial charge in [-0.3, -0.25) is 23.4 Å². The lowest BCUT2D eigenvalue weighted by atomic mass is 10.0. The summed E-state index contributed by atoms with van der Waals surface area (Å²) in [7, 11) is -4.93. The van der Waals surface area contributed by atoms with Crippen LogP contribution in [0, 0.1) is 11.3 Å². The van der Waals surface area contributed by atoms with E-state index in [1.807, 2.05) is 0 Å². The monoisotopic (exact) mass is 716 g/mol. The number of anilines is 2. The van der Waals surface area contributed by atoms with Crippen molar-refractivity contribution in [3.63, 3.8) is 0 Å². The zero-order valence-corrected chi connectivity index (χ0v) is 26.6. The first kappa shape index (κ1) is 30.7. The maximum Gasteiger partial charge on any atom is 0.472 e. The summed E-state index contributed by atoms with van der Waals surface area (Å²) >= 11 is 6.38. The second-order valence-electron chi connectivity index (χ2n) is 11.5. The number of aliphatic hydroxyl groups excluding tert-OH is 2. The van der Waals surface area contributed by atoms with Crippen LogP contribution >= 0.6 is 26.3 Å². The minimum absolute atomic E-state index is 0.0409. The fraction of sp³-hybridized carbons (Fsp3) is 0.545. The highest BCUT2D eigenvalue weighted by Crippen LogP contribution is 2.72. The molecule has 20 nitrogen and oxygen atoms in total. The highest BCUT2D eigenvalue weighted by atomic mass is 32.5. The number of aromatic nitrogens is 8. The average molecular weight is 717 g/mol. The Morgan fingerprint density at radius 3 is 2.61 bits per heavy atom. The van der Waals surface area contributed by atoms with Gasteiger partial charge < -0.3 is 45.1 Å². The number of hydrogen-bond donors (Lipinski definition) is 7. The normalized spacial score (nSPS) is 41.0. The van der Waals surface area contributed by atoms with Crippen molar-refractivity contribution in [2.75, 3.05) is 24.7 Å². The summed E-state index contributed by atoms with van der Waals surface area (Å²) in [5.41, 5.74) is 10.6. The first-order valence-electron chi connectivity index (χ1n) is 13.8. The molecular weight excluding hydrogens is 690 g/mol. The average Bonchev–Trinajstić information content (AvgIpc) is 3.26. The van der Waals surface area contributed by atoms with Gasteiger partial charge in [-0.2, -0.15) is 4.98 Å². The molecule has 46 heavy (non-hydrogen) atoms. The third-order valence-electron chi connectivity index (χ3n) is 8.96. The quantitative estimate of drug-likeness (QED) is 0.124. The molecule has 246 valence electrons. The molecule has 2 aliphatic heterocycles. The molecule has 4 aliphatic rings. The Balaban J connectivity index is 1.14. The van der Waals surface area contributed by atoms with E-state index in [0.29, 0.717) is 17.6 Å². The van der Waals surface area contributed by atoms with Crippen molar-refractivity contribution >= 4 is 72.2 Å². The van der Waals surface area contributed by atoms with Crippen LogP contribution in [0.15, 0.2) is 23.8 Å². The zero-order valence-electron chi connectivity index (χ0n) is 23.2. The standard InChI is InChI=1S/C22H26N10O10P2S2/c23-16-9-17(26-4-25-16)31(5-27-9)11-7-1-22(7)3-40-43(36,37)41-14-12(33)8(2-39-44(38,45)42-15(22)13(11)34)46-20(14)32-6-28-10-18(32)29-21(24)30-19(10)35/h4-8,11-15,20,33-34H,1-3H2,(H,36,37)(H,38,45)(H2,23,25,26)(H3,24,29,30,35). The number of imidazole rings is 2. The zero-order chi connectivity index (χ0) is 32.3. The van der Waals surface area contributed by atoms with Gasteiger partial charge in [0, 0.05) is 5.41 Å². The molecule has 9 N–H and O–H groups in total. The number of nitrogens with one attached hydrogen (secondary N) is 1. The second-order valence-corrected chi connectivity index (χ2v) is 17.1. The van der Waals surface area contributed by atoms with Crippen molar-refractivity contribution < 1.29 is 42.7 Å². The van der Waals surface area contributed by atoms with Crippen LogP contribution in [0.5, 0.6) is 0 Å². The molecule has 2 bridgehead atoms. The molecule has 0 aromatic carbocycles. The predicted octanol–water partition coefficient (Wildman–Crippen LogP) is -0.845. The number of phosphoric acid groups is 1. The van der Waals surface area contributed by atoms with Gasteiger partial charge in [-0.1, -0.05) is 0 Å². The summed E-state index contributed by atoms with van der Waals surface area (Å²) in [4.78, 5) is 57.6. The fourth-order valence-electron chi connectivity index (χ4n) is 6.81. The van der Waals surface area contributed by atoms with Crippen molar-refractivity contribution in [2.45, 2.75) is 47.5 Å². The molecule has 4 fully saturated rings. The number of phosphoric ester groups is 1. The highest BCUT2D eigenvalue weighted by Gasteiger charge is 2.74. The van der Waals surface area contributed by atoms with Crippen LogP contribution in [-0.2, 0) is 34.5 Å². The number of fused-ring (bicyclic) bond motifs is 4. The summed E-state index contributed by atoms with van der Waals surface area (Å²) in [6.07, 6.45) is -1.06. The van der Waals surface area contributed by atoms with Crippen molar-refractivity contribution in [3.05, 3.63) is 29.3 Å². The van der Waals surface area contributed by atoms with Crippen molar-refractivity contribution in [3.8, 4) is 0 Å². The number of nitrogens with zero attached hydrogens (tertiary/aromatic N) is 7. The number of aromatic amines is 1. The number of hydrogen-bond acceptors (Lipinski definition) is 17. The predicted molar refractivity (Wildman–Crippen MR) is 162 cm³/mol. The minimum atomic E-state index is -4.93. The van der Waals surface area contributed by atoms with Crippen LogP contribution in [0.25, 0.3) is 22.3 Å². The molecule has 2 aliphatic carbocycles. The first-order chi connectivity index (χ1) is 21.8. The van der Waals surface area contributed by atoms with Crippen molar-refractivity contribution in [1.82, 2.24) is 39.0 Å². The maximum absolute atomic E-state index is 13.5. The lowest BCUT2D eigenvalue weighted by molar-refractivity contribution is -0.0259. The second kappa shape index (κ2) is 10.5. The molecule has 11 unspecified atom stereocenters. The number of nitrogens with two attached hydrogens (primary N) is 2. The van der Waals surface area contributed by atoms with Gasteiger partial charge in [-0.15, -0.1) is 11.8 Å². The minimum Gasteiger partial charge on any atom is -0.389 e. The number of rotatable bonds is 2. The Hall–Kier alpha value is -2.59. The Morgan fingerprint density at radius 1 is 1.04 bits per heavy atom. The van der Waals surface area contributed by atoms with Gasteiger partial charge in [0.1, 0.15) is 35.5 Å². The molecule has 11 atom stereocenters. The molecule has 8 rings (SSSR count). The lowest BCUT2D eigenvalue weighted by Crippen LogP contribution is -2.38. The Labute approximate surface area is 266 Å². The molecule has 2 saturated carbocycles. The highest BCUT2D eigenvalue weighted by molar-refractivity contribution is 8.07. The maximum atomic E-state index is 13.5. The van der Waals surface area contributed by atoms with Crippen LogP contribution in [0.4, 0.5) is 11.8 Å². The van der Waals surface area contributed by atoms with E-state index in [4.69, 9.17) is 41.4 Å². The van der Waals surface area contributed by atoms with Crippen LogP contribution in [-0.4, -0.2) is 102 Å². The van der Waals surface area contributed by atoms with Gasteiger partial charge in [-0.05, 0) is 24.1 Å². The van der Waals surface area contributed by atoms with E-state index in [1.54, 1.807) is 4.57 Å². The van der Waals surface area contributed by atoms with Crippen LogP contribution in [0.2, 0.25) is 0 Å². The molecule has 4 aromatic heterocycles. The number of aliphatic hydroxyl groups is 2. The van der Waals surface area contributed by atoms with E-state index < -0.39 is 79.1 Å². The largest absolute Gasteiger partial charge is 0.472 e. The Morgan fingerprint density at radius 2 is 1.80 bits per heavy atom. The van der Waals surface area contributed by atoms with Gasteiger partial charge in [0.15, 0.2) is 22.6 Å². The van der Waals surface area contributed by atoms with E-state index >= 15 is 0 Å². The van der Waals surface area contributed by atoms with Gasteiger partial charge in [0.2, 0.25) is 5.95 Å². The third kappa shape index (κ3) is 4.74. The van der Waals surface area contributed by atoms with E-state index in [2.05, 4.69) is 29.9 Å². The van der Waals surface area contributed by atoms with Crippen LogP contribution in [0.3, 0.4) is 0 Å². The van der Waals surface area contributed by atoms with Crippen molar-refractivity contribution in [1.29, 1.82) is 0 Å². The fourth-order valence-corrected chi connectivity index (χ4v) is 11.0. The Bertz CT molecular complexity index is 2050. The number of nitrogen functional groups attached to an aromatic ring is 2. The summed E-state index contributed by atoms with van der Waals surface area (Å²) in [5, 5.41) is 20.9. The summed E-state index contributed by atoms with van der Waals surface area (Å²) in [6.45, 7) is -4.93. The molecule has 4 aromatic rings. The van der Waals surface area contributed by atoms with Gasteiger partial charge >= 0.3 is 14.5 Å². The lowest BCUT2D eigenvalue weighted by Gasteiger charge is -2.31. The molecule has 6 heterocycles. The molecule has 1 spiro atoms. The summed E-state index contributed by atoms with van der Waals surface area (Å²) in [6, 6.07) is -0.717. The molecule has 24 heteroatoms. The summed E-state index contributed by atoms with van der Waals surface area (Å²) in [5.74, 6) is -0.455. The molecule has 0 amide bonds. The van der Waals surface area contributed by atoms with E-state index in [-0.39, 0.29) is 29.5 Å². The number of H-pyrrole nitrogens is 1. The Kier molecular flexibility index (Phi) is 6.98. The van der Waals surface area contributed by atoms with Crippen LogP contribution < -0.4 is 17.0 Å². The van der Waals surface area contributed by atoms with E-state index in [1.165, 1.54) is 23.5 Å². The smallest absolute Gasteiger partial charge is 0.389 e. The SMILES string of the molecule is Nc1nc2c(ncn2C2SC3COP(O)(=S)OC4C(O)C(n5cnc6c(N)ncnc65)C5CC54COP(=O)(O)OC2C3O)c(=O)[nH]1. The molecule has 0 radical (unpaired) electrons. The van der Waals surface area contributed by atoms with Gasteiger partial charge in [-0.25, -0.2) is 24.5 Å². The number of thioether (sulfide) groups is 1. The van der Waals surface area contributed by atoms with Crippen molar-refractivity contribution in [2.24, 2.45) is 11.3 Å².